The SMILES string of the molecule is CCC1CSC(C)(O)C(C)S1. The average Bonchev–Trinajstić information content (AvgIpc) is 1.95. The minimum absolute atomic E-state index is 0.367. The van der Waals surface area contributed by atoms with Gasteiger partial charge in [-0.15, -0.1) is 11.8 Å². The van der Waals surface area contributed by atoms with Crippen molar-refractivity contribution >= 4 is 23.5 Å². The summed E-state index contributed by atoms with van der Waals surface area (Å²) in [5, 5.41) is 10.9. The van der Waals surface area contributed by atoms with Crippen LogP contribution in [0, 0.1) is 0 Å². The van der Waals surface area contributed by atoms with Crippen molar-refractivity contribution in [1.82, 2.24) is 0 Å². The van der Waals surface area contributed by atoms with E-state index >= 15 is 0 Å². The van der Waals surface area contributed by atoms with Gasteiger partial charge in [-0.2, -0.15) is 11.8 Å². The molecular weight excluding hydrogens is 176 g/mol. The van der Waals surface area contributed by atoms with Gasteiger partial charge in [0.05, 0.1) is 0 Å². The first-order valence-corrected chi connectivity index (χ1v) is 6.01. The van der Waals surface area contributed by atoms with Gasteiger partial charge in [0, 0.05) is 16.3 Å². The maximum atomic E-state index is 9.80. The van der Waals surface area contributed by atoms with Crippen LogP contribution >= 0.6 is 23.5 Å². The van der Waals surface area contributed by atoms with E-state index in [4.69, 9.17) is 0 Å². The highest BCUT2D eigenvalue weighted by Gasteiger charge is 2.35. The summed E-state index contributed by atoms with van der Waals surface area (Å²) in [6.45, 7) is 6.24. The van der Waals surface area contributed by atoms with Crippen molar-refractivity contribution in [1.29, 1.82) is 0 Å². The number of hydrogen-bond donors (Lipinski definition) is 1. The van der Waals surface area contributed by atoms with Crippen LogP contribution in [0.3, 0.4) is 0 Å². The van der Waals surface area contributed by atoms with Crippen LogP contribution in [0.1, 0.15) is 27.2 Å². The van der Waals surface area contributed by atoms with Gasteiger partial charge in [-0.3, -0.25) is 0 Å². The molecule has 1 nitrogen and oxygen atoms in total. The average molecular weight is 192 g/mol. The van der Waals surface area contributed by atoms with Crippen LogP contribution in [0.15, 0.2) is 0 Å². The number of rotatable bonds is 1. The zero-order chi connectivity index (χ0) is 8.48. The molecule has 1 fully saturated rings. The molecule has 1 saturated heterocycles. The fraction of sp³-hybridized carbons (Fsp3) is 1.00. The Balaban J connectivity index is 2.48. The third-order valence-corrected chi connectivity index (χ3v) is 5.79. The van der Waals surface area contributed by atoms with Gasteiger partial charge in [0.2, 0.25) is 0 Å². The van der Waals surface area contributed by atoms with E-state index in [-0.39, 0.29) is 0 Å². The molecule has 1 rings (SSSR count). The molecule has 66 valence electrons. The third-order valence-electron chi connectivity index (χ3n) is 2.17. The van der Waals surface area contributed by atoms with Gasteiger partial charge < -0.3 is 5.11 Å². The minimum Gasteiger partial charge on any atom is -0.379 e. The van der Waals surface area contributed by atoms with Gasteiger partial charge in [0.25, 0.3) is 0 Å². The molecule has 0 aromatic rings. The summed E-state index contributed by atoms with van der Waals surface area (Å²) in [5.74, 6) is 1.10. The second-order valence-electron chi connectivity index (χ2n) is 3.17. The Morgan fingerprint density at radius 2 is 2.27 bits per heavy atom. The molecule has 0 amide bonds. The van der Waals surface area contributed by atoms with Crippen molar-refractivity contribution in [2.24, 2.45) is 0 Å². The highest BCUT2D eigenvalue weighted by molar-refractivity contribution is 8.07. The monoisotopic (exact) mass is 192 g/mol. The molecule has 11 heavy (non-hydrogen) atoms. The van der Waals surface area contributed by atoms with Gasteiger partial charge in [0.15, 0.2) is 0 Å². The predicted molar refractivity (Wildman–Crippen MR) is 54.2 cm³/mol. The molecule has 0 radical (unpaired) electrons. The fourth-order valence-electron chi connectivity index (χ4n) is 1.05. The van der Waals surface area contributed by atoms with Crippen molar-refractivity contribution in [3.63, 3.8) is 0 Å². The van der Waals surface area contributed by atoms with Crippen LogP contribution in [-0.2, 0) is 0 Å². The van der Waals surface area contributed by atoms with Gasteiger partial charge in [-0.25, -0.2) is 0 Å². The van der Waals surface area contributed by atoms with Crippen LogP contribution in [0.2, 0.25) is 0 Å². The lowest BCUT2D eigenvalue weighted by atomic mass is 10.3. The Bertz CT molecular complexity index is 136. The van der Waals surface area contributed by atoms with Crippen molar-refractivity contribution in [2.45, 2.75) is 42.6 Å². The molecule has 0 saturated carbocycles. The van der Waals surface area contributed by atoms with Crippen LogP contribution in [0.25, 0.3) is 0 Å². The summed E-state index contributed by atoms with van der Waals surface area (Å²) in [6.07, 6.45) is 1.22. The maximum Gasteiger partial charge on any atom is 0.119 e. The summed E-state index contributed by atoms with van der Waals surface area (Å²) in [5.41, 5.74) is 0. The van der Waals surface area contributed by atoms with E-state index in [0.717, 1.165) is 11.0 Å². The molecule has 0 bridgehead atoms. The fourth-order valence-corrected chi connectivity index (χ4v) is 3.95. The first kappa shape index (κ1) is 9.75. The molecule has 0 aromatic heterocycles. The lowest BCUT2D eigenvalue weighted by Gasteiger charge is -2.37. The van der Waals surface area contributed by atoms with E-state index in [1.165, 1.54) is 6.42 Å². The highest BCUT2D eigenvalue weighted by Crippen LogP contribution is 2.42. The maximum absolute atomic E-state index is 9.80. The zero-order valence-electron chi connectivity index (χ0n) is 7.33. The topological polar surface area (TPSA) is 20.2 Å². The predicted octanol–water partition coefficient (Wildman–Crippen LogP) is 2.34. The molecule has 3 heteroatoms. The van der Waals surface area contributed by atoms with E-state index in [9.17, 15) is 5.11 Å². The molecule has 3 unspecified atom stereocenters. The second-order valence-corrected chi connectivity index (χ2v) is 6.27. The Kier molecular flexibility index (Phi) is 3.18. The molecule has 1 heterocycles. The zero-order valence-corrected chi connectivity index (χ0v) is 8.97. The van der Waals surface area contributed by atoms with E-state index in [1.807, 2.05) is 18.7 Å². The normalized spacial score (nSPS) is 45.8. The van der Waals surface area contributed by atoms with Gasteiger partial charge in [0.1, 0.15) is 4.93 Å². The number of aliphatic hydroxyl groups is 1. The van der Waals surface area contributed by atoms with Crippen molar-refractivity contribution < 1.29 is 5.11 Å². The molecule has 0 aromatic carbocycles. The van der Waals surface area contributed by atoms with Crippen molar-refractivity contribution in [2.75, 3.05) is 5.75 Å². The van der Waals surface area contributed by atoms with Crippen LogP contribution in [-0.4, -0.2) is 26.3 Å². The summed E-state index contributed by atoms with van der Waals surface area (Å²) < 4.78 is 0. The second kappa shape index (κ2) is 3.58. The highest BCUT2D eigenvalue weighted by atomic mass is 32.2. The molecule has 1 aliphatic rings. The van der Waals surface area contributed by atoms with Crippen LogP contribution < -0.4 is 0 Å². The smallest absolute Gasteiger partial charge is 0.119 e. The summed E-state index contributed by atoms with van der Waals surface area (Å²) in [7, 11) is 0. The van der Waals surface area contributed by atoms with E-state index in [0.29, 0.717) is 5.25 Å². The van der Waals surface area contributed by atoms with E-state index in [2.05, 4.69) is 13.8 Å². The van der Waals surface area contributed by atoms with E-state index < -0.39 is 4.93 Å². The summed E-state index contributed by atoms with van der Waals surface area (Å²) in [4.78, 5) is -0.504. The molecule has 3 atom stereocenters. The largest absolute Gasteiger partial charge is 0.379 e. The number of thioether (sulfide) groups is 2. The van der Waals surface area contributed by atoms with E-state index in [1.54, 1.807) is 11.8 Å². The van der Waals surface area contributed by atoms with Crippen molar-refractivity contribution in [3.8, 4) is 0 Å². The van der Waals surface area contributed by atoms with Gasteiger partial charge >= 0.3 is 0 Å². The van der Waals surface area contributed by atoms with Gasteiger partial charge in [-0.1, -0.05) is 6.92 Å². The molecule has 1 N–H and O–H groups in total. The quantitative estimate of drug-likeness (QED) is 0.688. The molecule has 0 spiro atoms. The minimum atomic E-state index is -0.504. The van der Waals surface area contributed by atoms with Crippen molar-refractivity contribution in [3.05, 3.63) is 0 Å². The molecule has 0 aliphatic carbocycles. The Morgan fingerprint density at radius 1 is 1.64 bits per heavy atom. The third kappa shape index (κ3) is 2.30. The molecular formula is C8H16OS2. The summed E-state index contributed by atoms with van der Waals surface area (Å²) in [6, 6.07) is 0. The lowest BCUT2D eigenvalue weighted by molar-refractivity contribution is 0.158. The Hall–Kier alpha value is 0.660. The van der Waals surface area contributed by atoms with Crippen LogP contribution in [0.4, 0.5) is 0 Å². The Morgan fingerprint density at radius 3 is 2.73 bits per heavy atom. The molecule has 1 aliphatic heterocycles. The summed E-state index contributed by atoms with van der Waals surface area (Å²) >= 11 is 3.62. The standard InChI is InChI=1S/C8H16OS2/c1-4-7-5-10-8(3,9)6(2)11-7/h6-7,9H,4-5H2,1-3H3. The first-order chi connectivity index (χ1) is 5.06. The lowest BCUT2D eigenvalue weighted by Crippen LogP contribution is -2.38. The number of hydrogen-bond acceptors (Lipinski definition) is 3. The Labute approximate surface area is 77.3 Å². The van der Waals surface area contributed by atoms with Gasteiger partial charge in [-0.05, 0) is 20.3 Å². The van der Waals surface area contributed by atoms with Crippen LogP contribution in [0.5, 0.6) is 0 Å². The first-order valence-electron chi connectivity index (χ1n) is 4.08.